The summed E-state index contributed by atoms with van der Waals surface area (Å²) in [6.45, 7) is 2.49. The molecule has 2 saturated carbocycles. The largest absolute Gasteiger partial charge is 0.350 e. The summed E-state index contributed by atoms with van der Waals surface area (Å²) in [7, 11) is 0. The van der Waals surface area contributed by atoms with Crippen molar-refractivity contribution in [3.8, 4) is 5.69 Å². The fourth-order valence-electron chi connectivity index (χ4n) is 3.20. The fourth-order valence-corrected chi connectivity index (χ4v) is 3.37. The van der Waals surface area contributed by atoms with Crippen LogP contribution in [0.15, 0.2) is 24.4 Å². The van der Waals surface area contributed by atoms with Crippen molar-refractivity contribution in [2.24, 2.45) is 11.7 Å². The van der Waals surface area contributed by atoms with Crippen LogP contribution < -0.4 is 11.1 Å². The molecule has 1 aromatic carbocycles. The quantitative estimate of drug-likeness (QED) is 0.832. The summed E-state index contributed by atoms with van der Waals surface area (Å²) in [5.74, 6) is 0.878. The van der Waals surface area contributed by atoms with Crippen molar-refractivity contribution in [1.82, 2.24) is 15.1 Å². The van der Waals surface area contributed by atoms with Crippen molar-refractivity contribution in [3.05, 3.63) is 46.2 Å². The molecule has 6 heteroatoms. The molecule has 0 aliphatic heterocycles. The van der Waals surface area contributed by atoms with Crippen molar-refractivity contribution >= 4 is 17.5 Å². The first kappa shape index (κ1) is 16.6. The normalized spacial score (nSPS) is 18.2. The zero-order chi connectivity index (χ0) is 17.6. The van der Waals surface area contributed by atoms with Crippen molar-refractivity contribution in [1.29, 1.82) is 0 Å². The highest BCUT2D eigenvalue weighted by atomic mass is 35.5. The second-order valence-corrected chi connectivity index (χ2v) is 7.68. The molecule has 0 radical (unpaired) electrons. The van der Waals surface area contributed by atoms with Gasteiger partial charge in [0.15, 0.2) is 0 Å². The van der Waals surface area contributed by atoms with Gasteiger partial charge in [-0.25, -0.2) is 4.68 Å². The van der Waals surface area contributed by atoms with Crippen molar-refractivity contribution in [2.75, 3.05) is 6.54 Å². The summed E-state index contributed by atoms with van der Waals surface area (Å²) in [6.07, 6.45) is 6.20. The Bertz CT molecular complexity index is 808. The Morgan fingerprint density at radius 2 is 2.16 bits per heavy atom. The SMILES string of the molecule is Cc1ccc(-n2ncc(C(=O)NCC(N)C3CC3)c2C2CC2)cc1Cl. The van der Waals surface area contributed by atoms with Crippen LogP contribution in [-0.2, 0) is 0 Å². The minimum atomic E-state index is -0.0811. The number of benzene rings is 1. The number of nitrogens with two attached hydrogens (primary N) is 1. The van der Waals surface area contributed by atoms with E-state index >= 15 is 0 Å². The second-order valence-electron chi connectivity index (χ2n) is 7.27. The molecule has 1 amide bonds. The summed E-state index contributed by atoms with van der Waals surface area (Å²) >= 11 is 6.27. The van der Waals surface area contributed by atoms with E-state index in [0.717, 1.165) is 29.8 Å². The second kappa shape index (κ2) is 6.46. The number of carbonyl (C=O) groups is 1. The first-order valence-electron chi connectivity index (χ1n) is 8.93. The number of aromatic nitrogens is 2. The molecule has 25 heavy (non-hydrogen) atoms. The van der Waals surface area contributed by atoms with E-state index in [2.05, 4.69) is 10.4 Å². The number of nitrogens with zero attached hydrogens (tertiary/aromatic N) is 2. The van der Waals surface area contributed by atoms with E-state index in [1.54, 1.807) is 6.20 Å². The number of carbonyl (C=O) groups excluding carboxylic acids is 1. The Labute approximate surface area is 152 Å². The van der Waals surface area contributed by atoms with E-state index in [-0.39, 0.29) is 11.9 Å². The average molecular weight is 359 g/mol. The molecule has 1 aromatic heterocycles. The van der Waals surface area contributed by atoms with Gasteiger partial charge < -0.3 is 11.1 Å². The topological polar surface area (TPSA) is 72.9 Å². The average Bonchev–Trinajstić information content (AvgIpc) is 3.52. The van der Waals surface area contributed by atoms with E-state index in [9.17, 15) is 4.79 Å². The molecule has 5 nitrogen and oxygen atoms in total. The van der Waals surface area contributed by atoms with Crippen molar-refractivity contribution < 1.29 is 4.79 Å². The smallest absolute Gasteiger partial charge is 0.254 e. The Morgan fingerprint density at radius 1 is 1.40 bits per heavy atom. The lowest BCUT2D eigenvalue weighted by Gasteiger charge is -2.13. The molecule has 2 fully saturated rings. The van der Waals surface area contributed by atoms with Gasteiger partial charge in [-0.15, -0.1) is 0 Å². The van der Waals surface area contributed by atoms with Crippen LogP contribution in [0.2, 0.25) is 5.02 Å². The van der Waals surface area contributed by atoms with Crippen LogP contribution in [0.25, 0.3) is 5.69 Å². The Balaban J connectivity index is 1.59. The van der Waals surface area contributed by atoms with Gasteiger partial charge in [-0.05, 0) is 56.2 Å². The highest BCUT2D eigenvalue weighted by molar-refractivity contribution is 6.31. The number of nitrogens with one attached hydrogen (secondary N) is 1. The third-order valence-corrected chi connectivity index (χ3v) is 5.55. The van der Waals surface area contributed by atoms with Gasteiger partial charge in [0.2, 0.25) is 0 Å². The first-order valence-corrected chi connectivity index (χ1v) is 9.30. The summed E-state index contributed by atoms with van der Waals surface area (Å²) in [5.41, 5.74) is 9.65. The van der Waals surface area contributed by atoms with Crippen LogP contribution in [0.5, 0.6) is 0 Å². The van der Waals surface area contributed by atoms with E-state index < -0.39 is 0 Å². The zero-order valence-electron chi connectivity index (χ0n) is 14.3. The minimum Gasteiger partial charge on any atom is -0.350 e. The van der Waals surface area contributed by atoms with Gasteiger partial charge in [-0.1, -0.05) is 17.7 Å². The van der Waals surface area contributed by atoms with E-state index in [1.165, 1.54) is 12.8 Å². The number of halogens is 1. The first-order chi connectivity index (χ1) is 12.0. The van der Waals surface area contributed by atoms with E-state index in [1.807, 2.05) is 29.8 Å². The Hall–Kier alpha value is -1.85. The maximum Gasteiger partial charge on any atom is 0.254 e. The van der Waals surface area contributed by atoms with Gasteiger partial charge in [0.05, 0.1) is 23.1 Å². The minimum absolute atomic E-state index is 0.0549. The van der Waals surface area contributed by atoms with Gasteiger partial charge >= 0.3 is 0 Å². The predicted octanol–water partition coefficient (Wildman–Crippen LogP) is 3.18. The van der Waals surface area contributed by atoms with Crippen LogP contribution in [0.4, 0.5) is 0 Å². The van der Waals surface area contributed by atoms with E-state index in [0.29, 0.717) is 29.0 Å². The van der Waals surface area contributed by atoms with Crippen LogP contribution in [0, 0.1) is 12.8 Å². The van der Waals surface area contributed by atoms with Gasteiger partial charge in [-0.3, -0.25) is 4.79 Å². The molecule has 0 spiro atoms. The number of aryl methyl sites for hydroxylation is 1. The Kier molecular flexibility index (Phi) is 4.29. The van der Waals surface area contributed by atoms with E-state index in [4.69, 9.17) is 17.3 Å². The number of hydrogen-bond donors (Lipinski definition) is 2. The summed E-state index contributed by atoms with van der Waals surface area (Å²) in [6, 6.07) is 5.93. The van der Waals surface area contributed by atoms with Crippen LogP contribution >= 0.6 is 11.6 Å². The van der Waals surface area contributed by atoms with Gasteiger partial charge in [0, 0.05) is 23.5 Å². The molecule has 0 saturated heterocycles. The molecule has 0 bridgehead atoms. The number of amides is 1. The van der Waals surface area contributed by atoms with Crippen molar-refractivity contribution in [2.45, 2.75) is 44.6 Å². The van der Waals surface area contributed by atoms with Gasteiger partial charge in [0.1, 0.15) is 0 Å². The summed E-state index contributed by atoms with van der Waals surface area (Å²) < 4.78 is 1.86. The molecule has 1 unspecified atom stereocenters. The molecule has 132 valence electrons. The lowest BCUT2D eigenvalue weighted by Crippen LogP contribution is -2.38. The molecule has 4 rings (SSSR count). The third-order valence-electron chi connectivity index (χ3n) is 5.14. The highest BCUT2D eigenvalue weighted by Gasteiger charge is 2.33. The summed E-state index contributed by atoms with van der Waals surface area (Å²) in [5, 5.41) is 8.17. The van der Waals surface area contributed by atoms with Crippen molar-refractivity contribution in [3.63, 3.8) is 0 Å². The number of hydrogen-bond acceptors (Lipinski definition) is 3. The molecule has 2 aliphatic carbocycles. The lowest BCUT2D eigenvalue weighted by atomic mass is 10.1. The molecule has 3 N–H and O–H groups in total. The molecular weight excluding hydrogens is 336 g/mol. The Morgan fingerprint density at radius 3 is 2.80 bits per heavy atom. The highest BCUT2D eigenvalue weighted by Crippen LogP contribution is 2.42. The standard InChI is InChI=1S/C19H23ClN4O/c1-11-2-7-14(8-16(11)20)24-18(13-5-6-13)15(9-23-24)19(25)22-10-17(21)12-3-4-12/h2,7-9,12-13,17H,3-6,10,21H2,1H3,(H,22,25). The van der Waals surface area contributed by atoms with Gasteiger partial charge in [0.25, 0.3) is 5.91 Å². The zero-order valence-corrected chi connectivity index (χ0v) is 15.1. The number of rotatable bonds is 6. The third kappa shape index (κ3) is 3.44. The van der Waals surface area contributed by atoms with Crippen LogP contribution in [0.1, 0.15) is 53.2 Å². The molecule has 2 aliphatic rings. The van der Waals surface area contributed by atoms with Crippen LogP contribution in [-0.4, -0.2) is 28.3 Å². The molecular formula is C19H23ClN4O. The molecule has 1 heterocycles. The summed E-state index contributed by atoms with van der Waals surface area (Å²) in [4.78, 5) is 12.7. The molecule has 2 aromatic rings. The lowest BCUT2D eigenvalue weighted by molar-refractivity contribution is 0.0949. The maximum absolute atomic E-state index is 12.7. The van der Waals surface area contributed by atoms with Gasteiger partial charge in [-0.2, -0.15) is 5.10 Å². The fraction of sp³-hybridized carbons (Fsp3) is 0.474. The monoisotopic (exact) mass is 358 g/mol. The molecule has 1 atom stereocenters. The maximum atomic E-state index is 12.7. The van der Waals surface area contributed by atoms with Crippen LogP contribution in [0.3, 0.4) is 0 Å². The predicted molar refractivity (Wildman–Crippen MR) is 98.3 cm³/mol.